The Morgan fingerprint density at radius 3 is 2.89 bits per heavy atom. The van der Waals surface area contributed by atoms with E-state index in [4.69, 9.17) is 0 Å². The number of rotatable bonds is 2. The van der Waals surface area contributed by atoms with Crippen LogP contribution in [0.4, 0.5) is 4.39 Å². The predicted octanol–water partition coefficient (Wildman–Crippen LogP) is 2.98. The Labute approximate surface area is 103 Å². The number of aldehydes is 1. The molecule has 2 aromatic heterocycles. The van der Waals surface area contributed by atoms with Gasteiger partial charge in [0.05, 0.1) is 0 Å². The van der Waals surface area contributed by atoms with Gasteiger partial charge in [0.25, 0.3) is 0 Å². The number of halogens is 1. The molecule has 0 bridgehead atoms. The zero-order valence-corrected chi connectivity index (χ0v) is 9.38. The Hall–Kier alpha value is -2.49. The fourth-order valence-corrected chi connectivity index (χ4v) is 2.00. The van der Waals surface area contributed by atoms with Crippen molar-refractivity contribution in [3.63, 3.8) is 0 Å². The molecule has 0 saturated carbocycles. The van der Waals surface area contributed by atoms with Gasteiger partial charge in [0, 0.05) is 29.0 Å². The van der Waals surface area contributed by atoms with E-state index in [1.807, 2.05) is 0 Å². The maximum absolute atomic E-state index is 13.2. The fraction of sp³-hybridized carbons (Fsp3) is 0. The van der Waals surface area contributed by atoms with Crippen molar-refractivity contribution < 1.29 is 9.18 Å². The van der Waals surface area contributed by atoms with Gasteiger partial charge in [0.15, 0.2) is 6.29 Å². The Kier molecular flexibility index (Phi) is 2.41. The molecule has 2 heterocycles. The van der Waals surface area contributed by atoms with Crippen LogP contribution in [0.3, 0.4) is 0 Å². The maximum Gasteiger partial charge on any atom is 0.150 e. The molecule has 0 saturated heterocycles. The second-order valence-electron chi connectivity index (χ2n) is 3.92. The van der Waals surface area contributed by atoms with Crippen LogP contribution in [-0.2, 0) is 0 Å². The molecule has 88 valence electrons. The third kappa shape index (κ3) is 1.59. The quantitative estimate of drug-likeness (QED) is 0.645. The molecule has 0 aliphatic rings. The predicted molar refractivity (Wildman–Crippen MR) is 66.4 cm³/mol. The Morgan fingerprint density at radius 2 is 2.11 bits per heavy atom. The average molecular weight is 240 g/mol. The van der Waals surface area contributed by atoms with E-state index in [1.165, 1.54) is 12.1 Å². The van der Waals surface area contributed by atoms with Crippen LogP contribution in [0, 0.1) is 5.82 Å². The third-order valence-corrected chi connectivity index (χ3v) is 2.83. The van der Waals surface area contributed by atoms with Crippen LogP contribution in [0.25, 0.3) is 16.7 Å². The minimum Gasteiger partial charge on any atom is -0.301 e. The lowest BCUT2D eigenvalue weighted by Crippen LogP contribution is -1.95. The summed E-state index contributed by atoms with van der Waals surface area (Å²) in [6.45, 7) is 0. The third-order valence-electron chi connectivity index (χ3n) is 2.83. The Balaban J connectivity index is 2.28. The summed E-state index contributed by atoms with van der Waals surface area (Å²) in [6.07, 6.45) is 4.14. The van der Waals surface area contributed by atoms with Crippen LogP contribution in [0.15, 0.2) is 48.8 Å². The summed E-state index contributed by atoms with van der Waals surface area (Å²) in [6, 6.07) is 9.70. The van der Waals surface area contributed by atoms with E-state index in [2.05, 4.69) is 4.98 Å². The highest BCUT2D eigenvalue weighted by Crippen LogP contribution is 2.21. The van der Waals surface area contributed by atoms with Crippen molar-refractivity contribution in [3.05, 3.63) is 60.2 Å². The van der Waals surface area contributed by atoms with Crippen molar-refractivity contribution >= 4 is 17.3 Å². The second kappa shape index (κ2) is 4.07. The summed E-state index contributed by atoms with van der Waals surface area (Å²) in [7, 11) is 0. The van der Waals surface area contributed by atoms with Gasteiger partial charge in [-0.2, -0.15) is 0 Å². The van der Waals surface area contributed by atoms with Crippen molar-refractivity contribution in [1.82, 2.24) is 9.55 Å². The molecule has 1 aromatic carbocycles. The molecule has 0 aliphatic heterocycles. The van der Waals surface area contributed by atoms with Crippen molar-refractivity contribution in [2.24, 2.45) is 0 Å². The molecule has 3 aromatic rings. The van der Waals surface area contributed by atoms with Gasteiger partial charge in [0.2, 0.25) is 0 Å². The van der Waals surface area contributed by atoms with Gasteiger partial charge in [0.1, 0.15) is 11.5 Å². The summed E-state index contributed by atoms with van der Waals surface area (Å²) in [5.41, 5.74) is 1.90. The van der Waals surface area contributed by atoms with E-state index in [0.29, 0.717) is 16.9 Å². The van der Waals surface area contributed by atoms with Crippen LogP contribution in [0.2, 0.25) is 0 Å². The largest absolute Gasteiger partial charge is 0.301 e. The zero-order valence-electron chi connectivity index (χ0n) is 9.38. The number of carbonyl (C=O) groups excluding carboxylic acids is 1. The van der Waals surface area contributed by atoms with E-state index in [0.717, 1.165) is 11.7 Å². The summed E-state index contributed by atoms with van der Waals surface area (Å²) < 4.78 is 15.0. The lowest BCUT2D eigenvalue weighted by molar-refractivity contribution is 0.112. The molecule has 0 aliphatic carbocycles. The lowest BCUT2D eigenvalue weighted by Gasteiger charge is -2.04. The first-order chi connectivity index (χ1) is 8.79. The number of nitrogens with zero attached hydrogens (tertiary/aromatic N) is 2. The van der Waals surface area contributed by atoms with Crippen LogP contribution in [-0.4, -0.2) is 15.8 Å². The number of benzene rings is 1. The standard InChI is InChI=1S/C14H9FN2O/c15-11-2-1-3-12(8-11)17-7-5-13-10(9-18)4-6-16-14(13)17/h1-9H. The number of aromatic nitrogens is 2. The molecule has 3 nitrogen and oxygen atoms in total. The molecule has 0 atom stereocenters. The maximum atomic E-state index is 13.2. The highest BCUT2D eigenvalue weighted by atomic mass is 19.1. The topological polar surface area (TPSA) is 34.9 Å². The normalized spacial score (nSPS) is 10.7. The molecule has 18 heavy (non-hydrogen) atoms. The first-order valence-corrected chi connectivity index (χ1v) is 5.47. The van der Waals surface area contributed by atoms with Crippen LogP contribution in [0.5, 0.6) is 0 Å². The average Bonchev–Trinajstić information content (AvgIpc) is 2.82. The summed E-state index contributed by atoms with van der Waals surface area (Å²) in [4.78, 5) is 15.2. The Morgan fingerprint density at radius 1 is 1.22 bits per heavy atom. The number of pyridine rings is 1. The SMILES string of the molecule is O=Cc1ccnc2c1ccn2-c1cccc(F)c1. The number of carbonyl (C=O) groups is 1. The van der Waals surface area contributed by atoms with E-state index >= 15 is 0 Å². The molecule has 0 fully saturated rings. The second-order valence-corrected chi connectivity index (χ2v) is 3.92. The van der Waals surface area contributed by atoms with E-state index < -0.39 is 0 Å². The van der Waals surface area contributed by atoms with Crippen LogP contribution >= 0.6 is 0 Å². The summed E-state index contributed by atoms with van der Waals surface area (Å²) >= 11 is 0. The van der Waals surface area contributed by atoms with Crippen LogP contribution in [0.1, 0.15) is 10.4 Å². The molecule has 0 N–H and O–H groups in total. The molecule has 0 spiro atoms. The minimum absolute atomic E-state index is 0.305. The zero-order chi connectivity index (χ0) is 12.5. The molecule has 3 rings (SSSR count). The number of hydrogen-bond donors (Lipinski definition) is 0. The molecule has 0 amide bonds. The fourth-order valence-electron chi connectivity index (χ4n) is 2.00. The van der Waals surface area contributed by atoms with Crippen molar-refractivity contribution in [1.29, 1.82) is 0 Å². The van der Waals surface area contributed by atoms with Gasteiger partial charge in [-0.1, -0.05) is 6.07 Å². The van der Waals surface area contributed by atoms with Crippen molar-refractivity contribution in [3.8, 4) is 5.69 Å². The summed E-state index contributed by atoms with van der Waals surface area (Å²) in [5.74, 6) is -0.305. The van der Waals surface area contributed by atoms with Crippen LogP contribution < -0.4 is 0 Å². The highest BCUT2D eigenvalue weighted by molar-refractivity contribution is 5.95. The van der Waals surface area contributed by atoms with Crippen molar-refractivity contribution in [2.45, 2.75) is 0 Å². The molecule has 4 heteroatoms. The number of fused-ring (bicyclic) bond motifs is 1. The number of hydrogen-bond acceptors (Lipinski definition) is 2. The monoisotopic (exact) mass is 240 g/mol. The molecular weight excluding hydrogens is 231 g/mol. The van der Waals surface area contributed by atoms with E-state index in [-0.39, 0.29) is 5.82 Å². The highest BCUT2D eigenvalue weighted by Gasteiger charge is 2.08. The first kappa shape index (κ1) is 10.7. The molecule has 0 unspecified atom stereocenters. The van der Waals surface area contributed by atoms with Gasteiger partial charge in [-0.05, 0) is 30.3 Å². The van der Waals surface area contributed by atoms with Gasteiger partial charge in [-0.3, -0.25) is 4.79 Å². The first-order valence-electron chi connectivity index (χ1n) is 5.47. The molecule has 0 radical (unpaired) electrons. The minimum atomic E-state index is -0.305. The lowest BCUT2D eigenvalue weighted by atomic mass is 10.2. The van der Waals surface area contributed by atoms with E-state index in [9.17, 15) is 9.18 Å². The van der Waals surface area contributed by atoms with Gasteiger partial charge in [-0.15, -0.1) is 0 Å². The molecular formula is C14H9FN2O. The van der Waals surface area contributed by atoms with Crippen molar-refractivity contribution in [2.75, 3.05) is 0 Å². The smallest absolute Gasteiger partial charge is 0.150 e. The summed E-state index contributed by atoms with van der Waals surface area (Å²) in [5, 5.41) is 0.761. The van der Waals surface area contributed by atoms with E-state index in [1.54, 1.807) is 41.2 Å². The van der Waals surface area contributed by atoms with Gasteiger partial charge >= 0.3 is 0 Å². The Bertz CT molecular complexity index is 733. The van der Waals surface area contributed by atoms with Gasteiger partial charge in [-0.25, -0.2) is 9.37 Å². The van der Waals surface area contributed by atoms with Gasteiger partial charge < -0.3 is 4.57 Å².